The molecule has 3 rings (SSSR count). The first-order valence-corrected chi connectivity index (χ1v) is 10.7. The number of hydrogen-bond acceptors (Lipinski definition) is 4. The topological polar surface area (TPSA) is 63.9 Å². The van der Waals surface area contributed by atoms with Crippen LogP contribution in [-0.4, -0.2) is 65.6 Å². The molecule has 0 aromatic carbocycles. The van der Waals surface area contributed by atoms with Gasteiger partial charge in [0.1, 0.15) is 6.10 Å². The van der Waals surface area contributed by atoms with E-state index in [1.54, 1.807) is 0 Å². The van der Waals surface area contributed by atoms with Gasteiger partial charge in [0.2, 0.25) is 0 Å². The Balaban J connectivity index is 1.60. The van der Waals surface area contributed by atoms with Crippen LogP contribution >= 0.6 is 0 Å². The highest BCUT2D eigenvalue weighted by atomic mass is 16.5. The molecule has 0 bridgehead atoms. The fraction of sp³-hybridized carbons (Fsp3) is 0.810. The van der Waals surface area contributed by atoms with E-state index in [2.05, 4.69) is 43.0 Å². The van der Waals surface area contributed by atoms with Gasteiger partial charge in [0, 0.05) is 50.0 Å². The van der Waals surface area contributed by atoms with Gasteiger partial charge >= 0.3 is 0 Å². The Labute approximate surface area is 169 Å². The average molecular weight is 392 g/mol. The Kier molecular flexibility index (Phi) is 6.99. The second-order valence-electron chi connectivity index (χ2n) is 8.52. The summed E-state index contributed by atoms with van der Waals surface area (Å²) in [4.78, 5) is 7.11. The van der Waals surface area contributed by atoms with Gasteiger partial charge in [0.05, 0.1) is 25.5 Å². The summed E-state index contributed by atoms with van der Waals surface area (Å²) in [6.07, 6.45) is 7.64. The zero-order valence-corrected chi connectivity index (χ0v) is 18.1. The van der Waals surface area contributed by atoms with Gasteiger partial charge in [-0.25, -0.2) is 0 Å². The Morgan fingerprint density at radius 3 is 2.89 bits per heavy atom. The van der Waals surface area contributed by atoms with Crippen molar-refractivity contribution in [1.82, 2.24) is 20.0 Å². The monoisotopic (exact) mass is 391 g/mol. The van der Waals surface area contributed by atoms with Gasteiger partial charge in [-0.1, -0.05) is 27.2 Å². The predicted octanol–water partition coefficient (Wildman–Crippen LogP) is 2.74. The molecular weight excluding hydrogens is 354 g/mol. The molecule has 7 heteroatoms. The van der Waals surface area contributed by atoms with E-state index in [1.807, 2.05) is 24.1 Å². The van der Waals surface area contributed by atoms with Gasteiger partial charge in [-0.15, -0.1) is 0 Å². The zero-order valence-electron chi connectivity index (χ0n) is 18.1. The van der Waals surface area contributed by atoms with E-state index >= 15 is 0 Å². The molecule has 1 aliphatic heterocycles. The number of aryl methyl sites for hydroxylation is 1. The fourth-order valence-electron chi connectivity index (χ4n) is 3.98. The van der Waals surface area contributed by atoms with Gasteiger partial charge in [0.25, 0.3) is 0 Å². The van der Waals surface area contributed by atoms with Gasteiger partial charge in [-0.2, -0.15) is 5.10 Å². The summed E-state index contributed by atoms with van der Waals surface area (Å²) in [5.74, 6) is 0.991. The van der Waals surface area contributed by atoms with Crippen LogP contribution in [0.1, 0.15) is 58.6 Å². The summed E-state index contributed by atoms with van der Waals surface area (Å²) >= 11 is 0. The maximum Gasteiger partial charge on any atom is 0.194 e. The van der Waals surface area contributed by atoms with Crippen LogP contribution in [0.2, 0.25) is 0 Å². The maximum atomic E-state index is 6.11. The molecule has 28 heavy (non-hydrogen) atoms. The van der Waals surface area contributed by atoms with Crippen molar-refractivity contribution in [2.24, 2.45) is 17.5 Å². The van der Waals surface area contributed by atoms with Crippen molar-refractivity contribution in [3.8, 4) is 0 Å². The second kappa shape index (κ2) is 9.27. The van der Waals surface area contributed by atoms with Gasteiger partial charge < -0.3 is 19.7 Å². The highest BCUT2D eigenvalue weighted by Gasteiger charge is 2.49. The molecule has 0 spiro atoms. The molecule has 2 heterocycles. The van der Waals surface area contributed by atoms with Crippen molar-refractivity contribution in [1.29, 1.82) is 0 Å². The summed E-state index contributed by atoms with van der Waals surface area (Å²) in [6, 6.07) is 0.379. The lowest BCUT2D eigenvalue weighted by Gasteiger charge is -2.52. The molecule has 158 valence electrons. The van der Waals surface area contributed by atoms with Crippen LogP contribution in [0, 0.1) is 5.41 Å². The SMILES string of the molecule is CCCCOC1CC(NC(=NCC)N2CCOC(c3cnn(C)c3)C2)C1(C)C. The first-order chi connectivity index (χ1) is 13.5. The van der Waals surface area contributed by atoms with Crippen LogP contribution < -0.4 is 5.32 Å². The molecular formula is C21H37N5O2. The largest absolute Gasteiger partial charge is 0.378 e. The molecule has 2 fully saturated rings. The lowest BCUT2D eigenvalue weighted by molar-refractivity contribution is -0.114. The predicted molar refractivity (Wildman–Crippen MR) is 111 cm³/mol. The fourth-order valence-corrected chi connectivity index (χ4v) is 3.98. The van der Waals surface area contributed by atoms with Crippen molar-refractivity contribution >= 4 is 5.96 Å². The van der Waals surface area contributed by atoms with E-state index in [0.29, 0.717) is 18.8 Å². The number of morpholine rings is 1. The molecule has 1 aliphatic carbocycles. The molecule has 0 amide bonds. The molecule has 1 N–H and O–H groups in total. The standard InChI is InChI=1S/C21H37N5O2/c1-6-8-10-28-19-12-18(21(19,3)4)24-20(22-7-2)26-9-11-27-17(15-26)16-13-23-25(5)14-16/h13-14,17-19H,6-12,15H2,1-5H3,(H,22,24). The number of guanidine groups is 1. The Morgan fingerprint density at radius 2 is 2.25 bits per heavy atom. The van der Waals surface area contributed by atoms with E-state index < -0.39 is 0 Å². The van der Waals surface area contributed by atoms with Crippen molar-refractivity contribution in [3.05, 3.63) is 18.0 Å². The molecule has 0 radical (unpaired) electrons. The highest BCUT2D eigenvalue weighted by molar-refractivity contribution is 5.80. The quantitative estimate of drug-likeness (QED) is 0.440. The number of aromatic nitrogens is 2. The third-order valence-corrected chi connectivity index (χ3v) is 6.07. The molecule has 7 nitrogen and oxygen atoms in total. The van der Waals surface area contributed by atoms with Crippen molar-refractivity contribution in [2.75, 3.05) is 32.8 Å². The van der Waals surface area contributed by atoms with Crippen molar-refractivity contribution in [2.45, 2.75) is 65.2 Å². The number of hydrogen-bond donors (Lipinski definition) is 1. The lowest BCUT2D eigenvalue weighted by Crippen LogP contribution is -2.64. The molecule has 2 aliphatic rings. The summed E-state index contributed by atoms with van der Waals surface area (Å²) < 4.78 is 13.9. The minimum Gasteiger partial charge on any atom is -0.378 e. The van der Waals surface area contributed by atoms with Gasteiger partial charge in [0.15, 0.2) is 5.96 Å². The normalized spacial score (nSPS) is 27.5. The van der Waals surface area contributed by atoms with Crippen LogP contribution in [0.25, 0.3) is 0 Å². The second-order valence-corrected chi connectivity index (χ2v) is 8.52. The van der Waals surface area contributed by atoms with E-state index in [0.717, 1.165) is 50.6 Å². The Bertz CT molecular complexity index is 657. The van der Waals surface area contributed by atoms with Crippen LogP contribution in [0.15, 0.2) is 17.4 Å². The number of nitrogens with one attached hydrogen (secondary N) is 1. The van der Waals surface area contributed by atoms with Crippen molar-refractivity contribution < 1.29 is 9.47 Å². The summed E-state index contributed by atoms with van der Waals surface area (Å²) in [5.41, 5.74) is 1.23. The summed E-state index contributed by atoms with van der Waals surface area (Å²) in [5, 5.41) is 8.02. The van der Waals surface area contributed by atoms with E-state index in [1.165, 1.54) is 6.42 Å². The smallest absolute Gasteiger partial charge is 0.194 e. The number of nitrogens with zero attached hydrogens (tertiary/aromatic N) is 4. The average Bonchev–Trinajstić information content (AvgIpc) is 3.12. The highest BCUT2D eigenvalue weighted by Crippen LogP contribution is 2.43. The van der Waals surface area contributed by atoms with Crippen LogP contribution in [0.3, 0.4) is 0 Å². The van der Waals surface area contributed by atoms with Crippen molar-refractivity contribution in [3.63, 3.8) is 0 Å². The van der Waals surface area contributed by atoms with Gasteiger partial charge in [-0.3, -0.25) is 9.67 Å². The van der Waals surface area contributed by atoms with Crippen LogP contribution in [-0.2, 0) is 16.5 Å². The third kappa shape index (κ3) is 4.69. The van der Waals surface area contributed by atoms with Gasteiger partial charge in [-0.05, 0) is 19.8 Å². The third-order valence-electron chi connectivity index (χ3n) is 6.07. The molecule has 3 unspecified atom stereocenters. The zero-order chi connectivity index (χ0) is 20.1. The van der Waals surface area contributed by atoms with E-state index in [-0.39, 0.29) is 11.5 Å². The minimum atomic E-state index is 0.0332. The number of aliphatic imine (C=N–C) groups is 1. The number of unbranched alkanes of at least 4 members (excludes halogenated alkanes) is 1. The molecule has 1 aromatic rings. The first-order valence-electron chi connectivity index (χ1n) is 10.7. The van der Waals surface area contributed by atoms with Crippen LogP contribution in [0.5, 0.6) is 0 Å². The first kappa shape index (κ1) is 21.1. The summed E-state index contributed by atoms with van der Waals surface area (Å²) in [7, 11) is 1.94. The minimum absolute atomic E-state index is 0.0332. The molecule has 1 saturated heterocycles. The molecule has 1 aromatic heterocycles. The van der Waals surface area contributed by atoms with E-state index in [9.17, 15) is 0 Å². The van der Waals surface area contributed by atoms with E-state index in [4.69, 9.17) is 14.5 Å². The Morgan fingerprint density at radius 1 is 1.43 bits per heavy atom. The number of ether oxygens (including phenoxy) is 2. The Hall–Kier alpha value is -1.60. The number of rotatable bonds is 7. The lowest BCUT2D eigenvalue weighted by atomic mass is 9.64. The van der Waals surface area contributed by atoms with Crippen LogP contribution in [0.4, 0.5) is 0 Å². The molecule has 3 atom stereocenters. The molecule has 1 saturated carbocycles. The maximum absolute atomic E-state index is 6.11. The summed E-state index contributed by atoms with van der Waals surface area (Å²) in [6.45, 7) is 12.9.